The Morgan fingerprint density at radius 2 is 2.00 bits per heavy atom. The quantitative estimate of drug-likeness (QED) is 0.905. The molecule has 2 bridgehead atoms. The zero-order chi connectivity index (χ0) is 18.4. The molecule has 0 radical (unpaired) electrons. The van der Waals surface area contributed by atoms with E-state index in [4.69, 9.17) is 4.74 Å². The summed E-state index contributed by atoms with van der Waals surface area (Å²) < 4.78 is 5.50. The Morgan fingerprint density at radius 1 is 1.22 bits per heavy atom. The number of nitrogens with one attached hydrogen (secondary N) is 1. The molecule has 6 heteroatoms. The van der Waals surface area contributed by atoms with Gasteiger partial charge in [-0.3, -0.25) is 9.89 Å². The van der Waals surface area contributed by atoms with Crippen molar-refractivity contribution in [3.05, 3.63) is 29.5 Å². The molecule has 2 aromatic rings. The number of benzene rings is 1. The Hall–Kier alpha value is -1.92. The Morgan fingerprint density at radius 3 is 2.70 bits per heavy atom. The van der Waals surface area contributed by atoms with Crippen LogP contribution in [-0.4, -0.2) is 71.8 Å². The first-order valence-corrected chi connectivity index (χ1v) is 10.3. The number of rotatable bonds is 3. The SMILES string of the molecule is CN(C(=O)c1n[nH]c2ccc(C3CCOCC3)cc12)[C@H]1CN2CCC1CC2. The van der Waals surface area contributed by atoms with Gasteiger partial charge in [0.15, 0.2) is 5.69 Å². The number of likely N-dealkylation sites (N-methyl/N-ethyl adjacent to an activating group) is 1. The van der Waals surface area contributed by atoms with E-state index < -0.39 is 0 Å². The Kier molecular flexibility index (Phi) is 4.40. The first kappa shape index (κ1) is 17.2. The molecule has 5 heterocycles. The molecule has 6 rings (SSSR count). The summed E-state index contributed by atoms with van der Waals surface area (Å²) in [6, 6.07) is 6.72. The number of carbonyl (C=O) groups is 1. The number of fused-ring (bicyclic) bond motifs is 4. The number of piperidine rings is 3. The minimum Gasteiger partial charge on any atom is -0.381 e. The van der Waals surface area contributed by atoms with Gasteiger partial charge in [0.05, 0.1) is 5.52 Å². The van der Waals surface area contributed by atoms with Gasteiger partial charge in [-0.15, -0.1) is 0 Å². The molecule has 0 unspecified atom stereocenters. The molecule has 6 nitrogen and oxygen atoms in total. The predicted molar refractivity (Wildman–Crippen MR) is 104 cm³/mol. The minimum absolute atomic E-state index is 0.0455. The molecule has 4 aliphatic rings. The average Bonchev–Trinajstić information content (AvgIpc) is 3.17. The fourth-order valence-electron chi connectivity index (χ4n) is 5.17. The lowest BCUT2D eigenvalue weighted by atomic mass is 9.83. The van der Waals surface area contributed by atoms with Gasteiger partial charge in [-0.2, -0.15) is 5.10 Å². The zero-order valence-corrected chi connectivity index (χ0v) is 16.0. The molecule has 1 atom stereocenters. The van der Waals surface area contributed by atoms with E-state index in [1.54, 1.807) is 0 Å². The van der Waals surface area contributed by atoms with Crippen LogP contribution in [0.5, 0.6) is 0 Å². The molecule has 4 aliphatic heterocycles. The van der Waals surface area contributed by atoms with Gasteiger partial charge in [-0.1, -0.05) is 6.07 Å². The molecular weight excluding hydrogens is 340 g/mol. The smallest absolute Gasteiger partial charge is 0.275 e. The summed E-state index contributed by atoms with van der Waals surface area (Å²) in [4.78, 5) is 17.7. The fourth-order valence-corrected chi connectivity index (χ4v) is 5.17. The molecule has 1 aromatic carbocycles. The number of hydrogen-bond acceptors (Lipinski definition) is 4. The first-order chi connectivity index (χ1) is 13.2. The third-order valence-corrected chi connectivity index (χ3v) is 6.92. The Bertz CT molecular complexity index is 834. The maximum atomic E-state index is 13.3. The predicted octanol–water partition coefficient (Wildman–Crippen LogP) is 2.62. The molecule has 1 amide bonds. The van der Waals surface area contributed by atoms with Gasteiger partial charge < -0.3 is 14.5 Å². The molecule has 0 aliphatic carbocycles. The molecular formula is C21H28N4O2. The number of nitrogens with zero attached hydrogens (tertiary/aromatic N) is 3. The molecule has 27 heavy (non-hydrogen) atoms. The van der Waals surface area contributed by atoms with Crippen molar-refractivity contribution < 1.29 is 9.53 Å². The third kappa shape index (κ3) is 3.05. The molecule has 4 saturated heterocycles. The van der Waals surface area contributed by atoms with E-state index >= 15 is 0 Å². The van der Waals surface area contributed by atoms with Crippen LogP contribution in [0.2, 0.25) is 0 Å². The van der Waals surface area contributed by atoms with E-state index in [9.17, 15) is 4.79 Å². The summed E-state index contributed by atoms with van der Waals surface area (Å²) >= 11 is 0. The van der Waals surface area contributed by atoms with Crippen molar-refractivity contribution in [2.24, 2.45) is 5.92 Å². The highest BCUT2D eigenvalue weighted by Crippen LogP contribution is 2.33. The standard InChI is InChI=1S/C21H28N4O2/c1-24(19-13-25-8-4-15(19)5-9-25)21(26)20-17-12-16(2-3-18(17)22-23-20)14-6-10-27-11-7-14/h2-3,12,14-15,19H,4-11,13H2,1H3,(H,22,23)/t19-/m0/s1. The minimum atomic E-state index is 0.0455. The summed E-state index contributed by atoms with van der Waals surface area (Å²) in [7, 11) is 1.96. The number of aromatic nitrogens is 2. The van der Waals surface area contributed by atoms with Crippen LogP contribution in [0.4, 0.5) is 0 Å². The van der Waals surface area contributed by atoms with E-state index in [2.05, 4.69) is 33.3 Å². The van der Waals surface area contributed by atoms with Crippen LogP contribution in [-0.2, 0) is 4.74 Å². The maximum Gasteiger partial charge on any atom is 0.275 e. The summed E-state index contributed by atoms with van der Waals surface area (Å²) in [5.41, 5.74) is 2.81. The van der Waals surface area contributed by atoms with Gasteiger partial charge in [0.25, 0.3) is 5.91 Å². The molecule has 4 fully saturated rings. The summed E-state index contributed by atoms with van der Waals surface area (Å²) in [6.07, 6.45) is 4.51. The summed E-state index contributed by atoms with van der Waals surface area (Å²) in [6.45, 7) is 5.01. The number of H-pyrrole nitrogens is 1. The van der Waals surface area contributed by atoms with Crippen LogP contribution >= 0.6 is 0 Å². The summed E-state index contributed by atoms with van der Waals surface area (Å²) in [5.74, 6) is 1.19. The van der Waals surface area contributed by atoms with E-state index in [0.717, 1.165) is 43.5 Å². The number of hydrogen-bond donors (Lipinski definition) is 1. The van der Waals surface area contributed by atoms with Crippen LogP contribution in [0.3, 0.4) is 0 Å². The second-order valence-electron chi connectivity index (χ2n) is 8.39. The highest BCUT2D eigenvalue weighted by Gasteiger charge is 2.38. The number of carbonyl (C=O) groups excluding carboxylic acids is 1. The molecule has 144 valence electrons. The largest absolute Gasteiger partial charge is 0.381 e. The second-order valence-corrected chi connectivity index (χ2v) is 8.39. The number of amides is 1. The topological polar surface area (TPSA) is 61.5 Å². The third-order valence-electron chi connectivity index (χ3n) is 6.92. The van der Waals surface area contributed by atoms with E-state index in [1.807, 2.05) is 11.9 Å². The van der Waals surface area contributed by atoms with Crippen molar-refractivity contribution in [1.29, 1.82) is 0 Å². The highest BCUT2D eigenvalue weighted by atomic mass is 16.5. The normalized spacial score (nSPS) is 28.6. The van der Waals surface area contributed by atoms with Crippen molar-refractivity contribution in [2.75, 3.05) is 39.9 Å². The van der Waals surface area contributed by atoms with Crippen LogP contribution in [0, 0.1) is 5.92 Å². The number of ether oxygens (including phenoxy) is 1. The average molecular weight is 368 g/mol. The van der Waals surface area contributed by atoms with Crippen LogP contribution < -0.4 is 0 Å². The van der Waals surface area contributed by atoms with E-state index in [1.165, 1.54) is 31.5 Å². The molecule has 0 spiro atoms. The van der Waals surface area contributed by atoms with Crippen molar-refractivity contribution in [1.82, 2.24) is 20.0 Å². The van der Waals surface area contributed by atoms with Crippen LogP contribution in [0.25, 0.3) is 10.9 Å². The van der Waals surface area contributed by atoms with Crippen molar-refractivity contribution >= 4 is 16.8 Å². The van der Waals surface area contributed by atoms with Gasteiger partial charge in [0.1, 0.15) is 0 Å². The van der Waals surface area contributed by atoms with Gasteiger partial charge in [-0.25, -0.2) is 0 Å². The lowest BCUT2D eigenvalue weighted by molar-refractivity contribution is 0.0160. The van der Waals surface area contributed by atoms with Crippen molar-refractivity contribution in [3.63, 3.8) is 0 Å². The Labute approximate surface area is 159 Å². The lowest BCUT2D eigenvalue weighted by Gasteiger charge is -2.47. The monoisotopic (exact) mass is 368 g/mol. The van der Waals surface area contributed by atoms with Gasteiger partial charge >= 0.3 is 0 Å². The van der Waals surface area contributed by atoms with Crippen LogP contribution in [0.15, 0.2) is 18.2 Å². The number of aromatic amines is 1. The fraction of sp³-hybridized carbons (Fsp3) is 0.619. The zero-order valence-electron chi connectivity index (χ0n) is 16.0. The van der Waals surface area contributed by atoms with Crippen molar-refractivity contribution in [3.8, 4) is 0 Å². The maximum absolute atomic E-state index is 13.3. The summed E-state index contributed by atoms with van der Waals surface area (Å²) in [5, 5.41) is 8.42. The van der Waals surface area contributed by atoms with E-state index in [0.29, 0.717) is 23.6 Å². The first-order valence-electron chi connectivity index (χ1n) is 10.3. The molecule has 0 saturated carbocycles. The van der Waals surface area contributed by atoms with Crippen LogP contribution in [0.1, 0.15) is 47.7 Å². The van der Waals surface area contributed by atoms with E-state index in [-0.39, 0.29) is 5.91 Å². The van der Waals surface area contributed by atoms with Crippen molar-refractivity contribution in [2.45, 2.75) is 37.6 Å². The molecule has 1 N–H and O–H groups in total. The highest BCUT2D eigenvalue weighted by molar-refractivity contribution is 6.04. The molecule has 1 aromatic heterocycles. The van der Waals surface area contributed by atoms with Gasteiger partial charge in [-0.05, 0) is 68.3 Å². The Balaban J connectivity index is 1.42. The van der Waals surface area contributed by atoms with Gasteiger partial charge in [0, 0.05) is 38.2 Å². The lowest BCUT2D eigenvalue weighted by Crippen LogP contribution is -2.57. The second kappa shape index (κ2) is 6.91. The van der Waals surface area contributed by atoms with Gasteiger partial charge in [0.2, 0.25) is 0 Å².